The molecule has 0 aromatic rings. The lowest BCUT2D eigenvalue weighted by molar-refractivity contribution is -0.125. The lowest BCUT2D eigenvalue weighted by atomic mass is 10.1. The van der Waals surface area contributed by atoms with Gasteiger partial charge in [-0.1, -0.05) is 6.92 Å². The van der Waals surface area contributed by atoms with Gasteiger partial charge in [0.15, 0.2) is 0 Å². The summed E-state index contributed by atoms with van der Waals surface area (Å²) in [5, 5.41) is 11.7. The van der Waals surface area contributed by atoms with Crippen molar-refractivity contribution in [3.05, 3.63) is 0 Å². The average molecular weight is 231 g/mol. The van der Waals surface area contributed by atoms with Crippen LogP contribution in [0.3, 0.4) is 0 Å². The topological polar surface area (TPSA) is 118 Å². The van der Waals surface area contributed by atoms with Crippen LogP contribution < -0.4 is 16.8 Å². The number of aliphatic hydroxyl groups excluding tert-OH is 1. The predicted octanol–water partition coefficient (Wildman–Crippen LogP) is -1.14. The van der Waals surface area contributed by atoms with E-state index in [1.54, 1.807) is 0 Å². The van der Waals surface area contributed by atoms with Crippen molar-refractivity contribution in [2.75, 3.05) is 6.61 Å². The molecule has 1 unspecified atom stereocenters. The number of amides is 2. The largest absolute Gasteiger partial charge is 0.396 e. The van der Waals surface area contributed by atoms with Gasteiger partial charge in [0.2, 0.25) is 11.8 Å². The van der Waals surface area contributed by atoms with Crippen LogP contribution in [-0.4, -0.2) is 35.6 Å². The van der Waals surface area contributed by atoms with Crippen molar-refractivity contribution in [3.63, 3.8) is 0 Å². The summed E-state index contributed by atoms with van der Waals surface area (Å²) in [6.07, 6.45) is 2.08. The number of carbonyl (C=O) groups is 2. The molecule has 0 bridgehead atoms. The van der Waals surface area contributed by atoms with Crippen LogP contribution in [0.15, 0.2) is 0 Å². The minimum Gasteiger partial charge on any atom is -0.396 e. The first-order valence-electron chi connectivity index (χ1n) is 5.45. The lowest BCUT2D eigenvalue weighted by Crippen LogP contribution is -2.48. The summed E-state index contributed by atoms with van der Waals surface area (Å²) in [5.74, 6) is -1.14. The molecule has 2 amide bonds. The number of nitrogens with one attached hydrogen (secondary N) is 1. The first-order valence-corrected chi connectivity index (χ1v) is 5.45. The Labute approximate surface area is 95.4 Å². The quantitative estimate of drug-likeness (QED) is 0.401. The van der Waals surface area contributed by atoms with Gasteiger partial charge in [-0.2, -0.15) is 0 Å². The molecule has 0 aliphatic carbocycles. The molecule has 0 aliphatic heterocycles. The van der Waals surface area contributed by atoms with E-state index in [0.29, 0.717) is 6.42 Å². The Hall–Kier alpha value is -1.14. The van der Waals surface area contributed by atoms with Gasteiger partial charge in [-0.3, -0.25) is 9.59 Å². The van der Waals surface area contributed by atoms with Gasteiger partial charge in [-0.25, -0.2) is 0 Å². The number of nitrogens with two attached hydrogens (primary N) is 2. The molecule has 16 heavy (non-hydrogen) atoms. The molecule has 0 radical (unpaired) electrons. The standard InChI is InChI=1S/C10H21N3O3/c1-2-7(4-3-5-14)13-8(10(12)16)6-9(11)15/h7-8,13-14H,2-6H2,1H3,(H2,11,15)(H2,12,16)/t7?,8-/m0/s1. The zero-order valence-electron chi connectivity index (χ0n) is 9.61. The van der Waals surface area contributed by atoms with Crippen molar-refractivity contribution < 1.29 is 14.7 Å². The van der Waals surface area contributed by atoms with Crippen LogP contribution in [-0.2, 0) is 9.59 Å². The maximum atomic E-state index is 11.1. The minimum absolute atomic E-state index is 0.0593. The fourth-order valence-corrected chi connectivity index (χ4v) is 1.47. The minimum atomic E-state index is -0.721. The molecule has 0 aromatic heterocycles. The van der Waals surface area contributed by atoms with Crippen molar-refractivity contribution >= 4 is 11.8 Å². The van der Waals surface area contributed by atoms with Gasteiger partial charge in [0.05, 0.1) is 12.5 Å². The van der Waals surface area contributed by atoms with E-state index in [4.69, 9.17) is 16.6 Å². The number of hydrogen-bond acceptors (Lipinski definition) is 4. The van der Waals surface area contributed by atoms with Crippen LogP contribution in [0.25, 0.3) is 0 Å². The van der Waals surface area contributed by atoms with E-state index < -0.39 is 17.9 Å². The van der Waals surface area contributed by atoms with Crippen LogP contribution in [0.5, 0.6) is 0 Å². The maximum absolute atomic E-state index is 11.1. The third kappa shape index (κ3) is 6.36. The molecule has 6 heteroatoms. The second kappa shape index (κ2) is 8.06. The Balaban J connectivity index is 4.22. The zero-order valence-corrected chi connectivity index (χ0v) is 9.61. The molecular formula is C10H21N3O3. The van der Waals surface area contributed by atoms with Crippen LogP contribution in [0.4, 0.5) is 0 Å². The number of rotatable bonds is 9. The molecule has 94 valence electrons. The highest BCUT2D eigenvalue weighted by molar-refractivity contribution is 5.86. The second-order valence-electron chi connectivity index (χ2n) is 3.76. The summed E-state index contributed by atoms with van der Waals surface area (Å²) in [4.78, 5) is 21.8. The first-order chi connectivity index (χ1) is 7.51. The Morgan fingerprint density at radius 1 is 1.38 bits per heavy atom. The zero-order chi connectivity index (χ0) is 12.6. The fraction of sp³-hybridized carbons (Fsp3) is 0.800. The summed E-state index contributed by atoms with van der Waals surface area (Å²) in [7, 11) is 0. The Morgan fingerprint density at radius 2 is 2.00 bits per heavy atom. The molecule has 0 saturated carbocycles. The predicted molar refractivity (Wildman–Crippen MR) is 60.3 cm³/mol. The van der Waals surface area contributed by atoms with Gasteiger partial charge in [0.1, 0.15) is 0 Å². The third-order valence-corrected chi connectivity index (χ3v) is 2.39. The van der Waals surface area contributed by atoms with Crippen LogP contribution >= 0.6 is 0 Å². The van der Waals surface area contributed by atoms with E-state index in [0.717, 1.165) is 12.8 Å². The highest BCUT2D eigenvalue weighted by atomic mass is 16.3. The molecule has 0 aromatic carbocycles. The van der Waals surface area contributed by atoms with Crippen LogP contribution in [0.2, 0.25) is 0 Å². The molecular weight excluding hydrogens is 210 g/mol. The first kappa shape index (κ1) is 14.9. The molecule has 6 nitrogen and oxygen atoms in total. The molecule has 0 fully saturated rings. The monoisotopic (exact) mass is 231 g/mol. The molecule has 2 atom stereocenters. The Bertz CT molecular complexity index is 233. The van der Waals surface area contributed by atoms with Crippen molar-refractivity contribution in [2.24, 2.45) is 11.5 Å². The van der Waals surface area contributed by atoms with Gasteiger partial charge >= 0.3 is 0 Å². The van der Waals surface area contributed by atoms with E-state index in [-0.39, 0.29) is 19.1 Å². The Morgan fingerprint density at radius 3 is 2.38 bits per heavy atom. The van der Waals surface area contributed by atoms with Gasteiger partial charge < -0.3 is 21.9 Å². The SMILES string of the molecule is CCC(CCCO)N[C@@H](CC(N)=O)C(N)=O. The van der Waals surface area contributed by atoms with Crippen LogP contribution in [0, 0.1) is 0 Å². The van der Waals surface area contributed by atoms with Crippen molar-refractivity contribution in [1.82, 2.24) is 5.32 Å². The van der Waals surface area contributed by atoms with Gasteiger partial charge in [0.25, 0.3) is 0 Å². The smallest absolute Gasteiger partial charge is 0.235 e. The molecule has 0 aliphatic rings. The maximum Gasteiger partial charge on any atom is 0.235 e. The Kier molecular flexibility index (Phi) is 7.49. The van der Waals surface area contributed by atoms with Crippen molar-refractivity contribution in [1.29, 1.82) is 0 Å². The molecule has 6 N–H and O–H groups in total. The summed E-state index contributed by atoms with van der Waals surface area (Å²) in [5.41, 5.74) is 10.2. The van der Waals surface area contributed by atoms with E-state index in [1.807, 2.05) is 6.92 Å². The highest BCUT2D eigenvalue weighted by Crippen LogP contribution is 2.04. The number of primary amides is 2. The molecule has 0 saturated heterocycles. The molecule has 0 rings (SSSR count). The average Bonchev–Trinajstić information content (AvgIpc) is 2.21. The van der Waals surface area contributed by atoms with E-state index in [9.17, 15) is 9.59 Å². The highest BCUT2D eigenvalue weighted by Gasteiger charge is 2.20. The summed E-state index contributed by atoms with van der Waals surface area (Å²) < 4.78 is 0. The van der Waals surface area contributed by atoms with Gasteiger partial charge in [-0.15, -0.1) is 0 Å². The van der Waals surface area contributed by atoms with Gasteiger partial charge in [-0.05, 0) is 19.3 Å². The lowest BCUT2D eigenvalue weighted by Gasteiger charge is -2.21. The summed E-state index contributed by atoms with van der Waals surface area (Å²) in [6, 6.07) is -0.662. The second-order valence-corrected chi connectivity index (χ2v) is 3.76. The van der Waals surface area contributed by atoms with Crippen molar-refractivity contribution in [2.45, 2.75) is 44.7 Å². The molecule has 0 heterocycles. The fourth-order valence-electron chi connectivity index (χ4n) is 1.47. The third-order valence-electron chi connectivity index (χ3n) is 2.39. The van der Waals surface area contributed by atoms with E-state index in [2.05, 4.69) is 5.32 Å². The van der Waals surface area contributed by atoms with Crippen LogP contribution in [0.1, 0.15) is 32.6 Å². The summed E-state index contributed by atoms with van der Waals surface area (Å²) >= 11 is 0. The normalized spacial score (nSPS) is 14.4. The number of aliphatic hydroxyl groups is 1. The van der Waals surface area contributed by atoms with Gasteiger partial charge in [0, 0.05) is 12.6 Å². The van der Waals surface area contributed by atoms with E-state index in [1.165, 1.54) is 0 Å². The van der Waals surface area contributed by atoms with Crippen molar-refractivity contribution in [3.8, 4) is 0 Å². The summed E-state index contributed by atoms with van der Waals surface area (Å²) in [6.45, 7) is 2.06. The number of carbonyl (C=O) groups excluding carboxylic acids is 2. The number of hydrogen-bond donors (Lipinski definition) is 4. The van der Waals surface area contributed by atoms with E-state index >= 15 is 0 Å². The molecule has 0 spiro atoms.